The number of ketones is 1. The van der Waals surface area contributed by atoms with Gasteiger partial charge >= 0.3 is 0 Å². The average molecular weight is 540 g/mol. The monoisotopic (exact) mass is 539 g/mol. The topological polar surface area (TPSA) is 209 Å². The summed E-state index contributed by atoms with van der Waals surface area (Å²) in [5.41, 5.74) is 6.73. The zero-order chi connectivity index (χ0) is 28.2. The minimum absolute atomic E-state index is 0.00611. The molecule has 0 radical (unpaired) electrons. The number of Topliss-reactive ketones (excluding diaryl/α,β-unsaturated/α-hetero) is 1. The van der Waals surface area contributed by atoms with Crippen molar-refractivity contribution in [3.63, 3.8) is 0 Å². The van der Waals surface area contributed by atoms with Crippen molar-refractivity contribution in [1.82, 2.24) is 9.97 Å². The molecule has 1 saturated heterocycles. The molecule has 0 spiro atoms. The fraction of sp³-hybridized carbons (Fsp3) is 0.308. The van der Waals surface area contributed by atoms with Gasteiger partial charge in [0.15, 0.2) is 6.10 Å². The Morgan fingerprint density at radius 2 is 1.77 bits per heavy atom. The number of amides is 1. The first-order chi connectivity index (χ1) is 18.7. The molecular weight excluding hydrogens is 510 g/mol. The summed E-state index contributed by atoms with van der Waals surface area (Å²) in [7, 11) is 0. The Balaban J connectivity index is 1.63. The highest BCUT2D eigenvalue weighted by Crippen LogP contribution is 2.37. The predicted molar refractivity (Wildman–Crippen MR) is 138 cm³/mol. The number of carbonyl (C=O) groups excluding carboxylic acids is 2. The van der Waals surface area contributed by atoms with Crippen LogP contribution in [0.5, 0.6) is 5.75 Å². The van der Waals surface area contributed by atoms with Crippen molar-refractivity contribution in [2.24, 2.45) is 5.73 Å². The smallest absolute Gasteiger partial charge is 0.299 e. The second-order valence-corrected chi connectivity index (χ2v) is 8.87. The molecule has 13 nitrogen and oxygen atoms in total. The Bertz CT molecular complexity index is 1320. The van der Waals surface area contributed by atoms with E-state index in [9.17, 15) is 30.0 Å². The molecule has 1 fully saturated rings. The third-order valence-corrected chi connectivity index (χ3v) is 6.19. The van der Waals surface area contributed by atoms with E-state index in [2.05, 4.69) is 20.6 Å². The molecular formula is C26H29N5O8. The fourth-order valence-electron chi connectivity index (χ4n) is 4.07. The van der Waals surface area contributed by atoms with Crippen molar-refractivity contribution < 1.29 is 39.5 Å². The van der Waals surface area contributed by atoms with Gasteiger partial charge in [0.2, 0.25) is 11.7 Å². The van der Waals surface area contributed by atoms with Gasteiger partial charge in [-0.25, -0.2) is 4.98 Å². The lowest BCUT2D eigenvalue weighted by Crippen LogP contribution is -2.70. The van der Waals surface area contributed by atoms with Gasteiger partial charge in [-0.2, -0.15) is 4.98 Å². The van der Waals surface area contributed by atoms with Gasteiger partial charge in [-0.1, -0.05) is 42.5 Å². The van der Waals surface area contributed by atoms with E-state index in [4.69, 9.17) is 15.2 Å². The SMILES string of the molecule is CC(=O)C1(Oc2ccccc2Nc2ncc(C(N)=O)c(NCc3ccccc3)n2)O[C@H](CO)[C@H](O)[C@H](O)[C@H]1O. The number of aliphatic hydroxyl groups excluding tert-OH is 4. The standard InChI is InChI=1S/C26H29N5O8/c1-14(33)26(22(36)21(35)20(34)19(13-32)39-26)38-18-10-6-5-9-17(18)30-25-29-12-16(23(27)37)24(31-25)28-11-15-7-3-2-4-8-15/h2-10,12,19-22,32,34-36H,11,13H2,1H3,(H2,27,37)(H2,28,29,30,31)/t19-,20+,21+,22-,26?/m1/s1. The lowest BCUT2D eigenvalue weighted by atomic mass is 9.90. The number of aliphatic hydroxyl groups is 4. The minimum Gasteiger partial charge on any atom is -0.450 e. The fourth-order valence-corrected chi connectivity index (χ4v) is 4.07. The van der Waals surface area contributed by atoms with Crippen LogP contribution >= 0.6 is 0 Å². The first-order valence-electron chi connectivity index (χ1n) is 12.0. The molecule has 206 valence electrons. The second-order valence-electron chi connectivity index (χ2n) is 8.87. The summed E-state index contributed by atoms with van der Waals surface area (Å²) in [4.78, 5) is 33.1. The van der Waals surface area contributed by atoms with Crippen LogP contribution in [-0.2, 0) is 16.1 Å². The van der Waals surface area contributed by atoms with Gasteiger partial charge in [-0.3, -0.25) is 9.59 Å². The van der Waals surface area contributed by atoms with Crippen LogP contribution < -0.4 is 21.1 Å². The van der Waals surface area contributed by atoms with Gasteiger partial charge in [0.25, 0.3) is 11.7 Å². The Hall–Kier alpha value is -4.14. The van der Waals surface area contributed by atoms with Crippen LogP contribution in [0.4, 0.5) is 17.5 Å². The van der Waals surface area contributed by atoms with Crippen LogP contribution in [0.25, 0.3) is 0 Å². The Kier molecular flexibility index (Phi) is 8.38. The molecule has 4 rings (SSSR count). The Morgan fingerprint density at radius 1 is 1.08 bits per heavy atom. The number of benzene rings is 2. The van der Waals surface area contributed by atoms with E-state index < -0.39 is 48.5 Å². The van der Waals surface area contributed by atoms with Crippen molar-refractivity contribution >= 4 is 29.1 Å². The van der Waals surface area contributed by atoms with Gasteiger partial charge in [-0.15, -0.1) is 0 Å². The number of hydrogen-bond acceptors (Lipinski definition) is 12. The summed E-state index contributed by atoms with van der Waals surface area (Å²) >= 11 is 0. The molecule has 0 bridgehead atoms. The van der Waals surface area contributed by atoms with Crippen LogP contribution in [0.1, 0.15) is 22.8 Å². The molecule has 39 heavy (non-hydrogen) atoms. The third-order valence-electron chi connectivity index (χ3n) is 6.19. The summed E-state index contributed by atoms with van der Waals surface area (Å²) in [6, 6.07) is 15.7. The molecule has 2 aromatic carbocycles. The first kappa shape index (κ1) is 27.9. The molecule has 1 aliphatic rings. The van der Waals surface area contributed by atoms with Crippen molar-refractivity contribution in [2.45, 2.75) is 43.7 Å². The average Bonchev–Trinajstić information content (AvgIpc) is 2.93. The highest BCUT2D eigenvalue weighted by atomic mass is 16.7. The molecule has 2 heterocycles. The van der Waals surface area contributed by atoms with Gasteiger partial charge in [-0.05, 0) is 17.7 Å². The number of para-hydroxylation sites is 2. The molecule has 3 aromatic rings. The maximum atomic E-state index is 12.7. The van der Waals surface area contributed by atoms with Crippen molar-refractivity contribution in [3.8, 4) is 5.75 Å². The van der Waals surface area contributed by atoms with Crippen molar-refractivity contribution in [2.75, 3.05) is 17.2 Å². The van der Waals surface area contributed by atoms with Crippen LogP contribution in [0.3, 0.4) is 0 Å². The number of primary amides is 1. The van der Waals surface area contributed by atoms with E-state index in [-0.39, 0.29) is 28.8 Å². The Labute approximate surface area is 223 Å². The van der Waals surface area contributed by atoms with Gasteiger partial charge in [0.1, 0.15) is 29.9 Å². The minimum atomic E-state index is -2.44. The number of nitrogens with two attached hydrogens (primary N) is 1. The summed E-state index contributed by atoms with van der Waals surface area (Å²) in [6.07, 6.45) is -5.64. The van der Waals surface area contributed by atoms with Crippen LogP contribution in [0.15, 0.2) is 60.8 Å². The van der Waals surface area contributed by atoms with E-state index in [1.807, 2.05) is 30.3 Å². The van der Waals surface area contributed by atoms with Crippen molar-refractivity contribution in [3.05, 3.63) is 71.9 Å². The molecule has 13 heteroatoms. The molecule has 8 N–H and O–H groups in total. The number of aromatic nitrogens is 2. The summed E-state index contributed by atoms with van der Waals surface area (Å²) < 4.78 is 11.4. The lowest BCUT2D eigenvalue weighted by molar-refractivity contribution is -0.319. The van der Waals surface area contributed by atoms with Crippen LogP contribution in [0, 0.1) is 0 Å². The number of carbonyl (C=O) groups is 2. The van der Waals surface area contributed by atoms with E-state index in [0.717, 1.165) is 12.5 Å². The van der Waals surface area contributed by atoms with E-state index >= 15 is 0 Å². The predicted octanol–water partition coefficient (Wildman–Crippen LogP) is 0.0691. The number of nitrogens with zero attached hydrogens (tertiary/aromatic N) is 2. The summed E-state index contributed by atoms with van der Waals surface area (Å²) in [6.45, 7) is 0.685. The molecule has 1 aromatic heterocycles. The first-order valence-corrected chi connectivity index (χ1v) is 12.0. The van der Waals surface area contributed by atoms with E-state index in [0.29, 0.717) is 6.54 Å². The summed E-state index contributed by atoms with van der Waals surface area (Å²) in [5, 5.41) is 46.7. The largest absolute Gasteiger partial charge is 0.450 e. The number of ether oxygens (including phenoxy) is 2. The number of hydrogen-bond donors (Lipinski definition) is 7. The zero-order valence-electron chi connectivity index (χ0n) is 20.9. The molecule has 1 unspecified atom stereocenters. The second kappa shape index (κ2) is 11.7. The van der Waals surface area contributed by atoms with Crippen molar-refractivity contribution in [1.29, 1.82) is 0 Å². The van der Waals surface area contributed by atoms with E-state index in [1.165, 1.54) is 12.3 Å². The lowest BCUT2D eigenvalue weighted by Gasteiger charge is -2.46. The Morgan fingerprint density at radius 3 is 2.44 bits per heavy atom. The van der Waals surface area contributed by atoms with Gasteiger partial charge in [0, 0.05) is 19.7 Å². The highest BCUT2D eigenvalue weighted by molar-refractivity contribution is 5.97. The summed E-state index contributed by atoms with van der Waals surface area (Å²) in [5.74, 6) is -3.78. The zero-order valence-corrected chi connectivity index (χ0v) is 20.9. The maximum absolute atomic E-state index is 12.7. The maximum Gasteiger partial charge on any atom is 0.299 e. The van der Waals surface area contributed by atoms with Gasteiger partial charge < -0.3 is 46.3 Å². The highest BCUT2D eigenvalue weighted by Gasteiger charge is 2.58. The molecule has 0 aliphatic carbocycles. The number of nitrogens with one attached hydrogen (secondary N) is 2. The quantitative estimate of drug-likeness (QED) is 0.183. The van der Waals surface area contributed by atoms with Crippen LogP contribution in [0.2, 0.25) is 0 Å². The van der Waals surface area contributed by atoms with E-state index in [1.54, 1.807) is 18.2 Å². The molecule has 0 saturated carbocycles. The molecule has 1 amide bonds. The normalized spacial score (nSPS) is 24.5. The molecule has 5 atom stereocenters. The molecule has 1 aliphatic heterocycles. The number of anilines is 3. The van der Waals surface area contributed by atoms with Crippen LogP contribution in [-0.4, -0.2) is 78.9 Å². The number of rotatable bonds is 10. The third kappa shape index (κ3) is 5.82. The van der Waals surface area contributed by atoms with Gasteiger partial charge in [0.05, 0.1) is 17.9 Å².